The van der Waals surface area contributed by atoms with Crippen LogP contribution >= 0.6 is 0 Å². The predicted octanol–water partition coefficient (Wildman–Crippen LogP) is -1.59. The third-order valence-electron chi connectivity index (χ3n) is 1.93. The first-order valence-corrected chi connectivity index (χ1v) is 7.18. The van der Waals surface area contributed by atoms with Crippen LogP contribution in [0, 0.1) is 0 Å². The summed E-state index contributed by atoms with van der Waals surface area (Å²) in [5, 5.41) is 0. The van der Waals surface area contributed by atoms with Gasteiger partial charge >= 0.3 is 63.5 Å². The zero-order chi connectivity index (χ0) is 20.9. The Bertz CT molecular complexity index is 428. The molecule has 0 unspecified atom stereocenters. The largest absolute Gasteiger partial charge is 2.00 e. The zero-order valence-electron chi connectivity index (χ0n) is 16.0. The number of hydrogen-bond acceptors (Lipinski definition) is 12. The second kappa shape index (κ2) is 16.7. The fourth-order valence-corrected chi connectivity index (χ4v) is 1.17. The van der Waals surface area contributed by atoms with Gasteiger partial charge in [0.25, 0.3) is 35.8 Å². The van der Waals surface area contributed by atoms with E-state index in [1.165, 1.54) is 0 Å². The molecule has 0 aromatic carbocycles. The molecule has 0 atom stereocenters. The molecule has 148 valence electrons. The fourth-order valence-electron chi connectivity index (χ4n) is 1.17. The molecule has 0 fully saturated rings. The predicted molar refractivity (Wildman–Crippen MR) is 90.6 cm³/mol. The Morgan fingerprint density at radius 1 is 0.407 bits per heavy atom. The third-order valence-corrected chi connectivity index (χ3v) is 1.93. The van der Waals surface area contributed by atoms with E-state index < -0.39 is 50.5 Å². The Labute approximate surface area is 196 Å². The maximum absolute atomic E-state index is 10.4. The summed E-state index contributed by atoms with van der Waals surface area (Å²) in [7, 11) is -4.82. The van der Waals surface area contributed by atoms with Crippen molar-refractivity contribution in [2.75, 3.05) is 0 Å². The van der Waals surface area contributed by atoms with E-state index in [9.17, 15) is 28.8 Å². The summed E-state index contributed by atoms with van der Waals surface area (Å²) in [6.45, 7) is 6.71. The molecule has 0 bridgehead atoms. The van der Waals surface area contributed by atoms with Crippen molar-refractivity contribution in [3.8, 4) is 0 Å². The summed E-state index contributed by atoms with van der Waals surface area (Å²) in [4.78, 5) is 62.6. The van der Waals surface area contributed by atoms with Gasteiger partial charge in [0.2, 0.25) is 0 Å². The molecule has 0 amide bonds. The van der Waals surface area contributed by atoms with E-state index in [1.54, 1.807) is 0 Å². The third kappa shape index (κ3) is 24.5. The first kappa shape index (κ1) is 30.3. The van der Waals surface area contributed by atoms with E-state index >= 15 is 0 Å². The van der Waals surface area contributed by atoms with Gasteiger partial charge in [0.1, 0.15) is 0 Å². The van der Waals surface area contributed by atoms with Crippen LogP contribution < -0.4 is 0 Å². The van der Waals surface area contributed by atoms with Crippen molar-refractivity contribution in [1.29, 1.82) is 0 Å². The maximum atomic E-state index is 10.4. The molecule has 0 aliphatic rings. The molecule has 12 nitrogen and oxygen atoms in total. The summed E-state index contributed by atoms with van der Waals surface area (Å²) in [6, 6.07) is 0. The van der Waals surface area contributed by atoms with Gasteiger partial charge in [0.15, 0.2) is 0 Å². The van der Waals surface area contributed by atoms with Crippen LogP contribution in [0.15, 0.2) is 0 Å². The van der Waals surface area contributed by atoms with E-state index in [0.717, 1.165) is 41.5 Å². The van der Waals surface area contributed by atoms with Gasteiger partial charge in [-0.1, -0.05) is 0 Å². The van der Waals surface area contributed by atoms with Gasteiger partial charge in [-0.05, 0) is 0 Å². The molecule has 0 N–H and O–H groups in total. The van der Waals surface area contributed by atoms with Crippen molar-refractivity contribution >= 4 is 99.3 Å². The molecule has 0 aromatic heterocycles. The van der Waals surface area contributed by atoms with Gasteiger partial charge in [-0.3, -0.25) is 28.8 Å². The number of hydrogen-bond donors (Lipinski definition) is 0. The van der Waals surface area contributed by atoms with E-state index in [4.69, 9.17) is 0 Å². The second-order valence-electron chi connectivity index (χ2n) is 4.52. The standard InChI is InChI=1S/2C6H10BO6.Ba/c2*1-4(8)11-7(12-5(2)9)13-6(3)10;/h2*7H,1-3H3;/q2*-1;+2. The van der Waals surface area contributed by atoms with Crippen molar-refractivity contribution in [2.45, 2.75) is 41.5 Å². The summed E-state index contributed by atoms with van der Waals surface area (Å²) in [6.07, 6.45) is 0. The molecule has 0 saturated heterocycles. The topological polar surface area (TPSA) is 158 Å². The monoisotopic (exact) mass is 516 g/mol. The Kier molecular flexibility index (Phi) is 18.7. The van der Waals surface area contributed by atoms with Crippen molar-refractivity contribution in [2.24, 2.45) is 0 Å². The van der Waals surface area contributed by atoms with E-state index in [-0.39, 0.29) is 48.9 Å². The van der Waals surface area contributed by atoms with Crippen LogP contribution in [0.3, 0.4) is 0 Å². The minimum atomic E-state index is -2.41. The second-order valence-corrected chi connectivity index (χ2v) is 4.52. The minimum Gasteiger partial charge on any atom is -0.625 e. The van der Waals surface area contributed by atoms with Crippen LogP contribution in [-0.4, -0.2) is 99.3 Å². The smallest absolute Gasteiger partial charge is 0.625 e. The van der Waals surface area contributed by atoms with Crippen LogP contribution in [0.2, 0.25) is 0 Å². The molecule has 0 radical (unpaired) electrons. The average molecular weight is 515 g/mol. The summed E-state index contributed by atoms with van der Waals surface area (Å²) in [5.41, 5.74) is 0. The minimum absolute atomic E-state index is 0. The molecule has 0 spiro atoms. The van der Waals surface area contributed by atoms with Gasteiger partial charge in [-0.25, -0.2) is 0 Å². The molecular weight excluding hydrogens is 495 g/mol. The van der Waals surface area contributed by atoms with Gasteiger partial charge in [-0.15, -0.1) is 0 Å². The summed E-state index contributed by atoms with van der Waals surface area (Å²) < 4.78 is 26.6. The van der Waals surface area contributed by atoms with E-state index in [0.29, 0.717) is 0 Å². The molecular formula is C12H20B2BaO12. The van der Waals surface area contributed by atoms with E-state index in [1.807, 2.05) is 0 Å². The molecule has 0 aliphatic carbocycles. The Morgan fingerprint density at radius 2 is 0.519 bits per heavy atom. The van der Waals surface area contributed by atoms with Crippen LogP contribution in [0.1, 0.15) is 41.5 Å². The zero-order valence-corrected chi connectivity index (χ0v) is 20.5. The van der Waals surface area contributed by atoms with Gasteiger partial charge < -0.3 is 27.9 Å². The normalized spacial score (nSPS) is 8.89. The Morgan fingerprint density at radius 3 is 0.593 bits per heavy atom. The fraction of sp³-hybridized carbons (Fsp3) is 0.500. The number of rotatable bonds is 6. The van der Waals surface area contributed by atoms with Crippen molar-refractivity contribution in [1.82, 2.24) is 0 Å². The molecule has 0 aromatic rings. The quantitative estimate of drug-likeness (QED) is 0.374. The van der Waals surface area contributed by atoms with Crippen LogP contribution in [-0.2, 0) is 56.7 Å². The van der Waals surface area contributed by atoms with Crippen LogP contribution in [0.4, 0.5) is 0 Å². The van der Waals surface area contributed by atoms with E-state index in [2.05, 4.69) is 27.9 Å². The molecule has 0 saturated carbocycles. The average Bonchev–Trinajstić information content (AvgIpc) is 2.33. The number of carbonyl (C=O) groups is 6. The molecule has 0 heterocycles. The molecule has 0 rings (SSSR count). The molecule has 15 heteroatoms. The summed E-state index contributed by atoms with van der Waals surface area (Å²) >= 11 is 0. The van der Waals surface area contributed by atoms with Crippen molar-refractivity contribution in [3.63, 3.8) is 0 Å². The van der Waals surface area contributed by atoms with Crippen molar-refractivity contribution in [3.05, 3.63) is 0 Å². The maximum Gasteiger partial charge on any atom is 2.00 e. The molecule has 0 aliphatic heterocycles. The van der Waals surface area contributed by atoms with Gasteiger partial charge in [0, 0.05) is 41.5 Å². The van der Waals surface area contributed by atoms with Crippen molar-refractivity contribution < 1.29 is 56.7 Å². The van der Waals surface area contributed by atoms with Gasteiger partial charge in [0.05, 0.1) is 0 Å². The van der Waals surface area contributed by atoms with Crippen LogP contribution in [0.5, 0.6) is 0 Å². The van der Waals surface area contributed by atoms with Gasteiger partial charge in [-0.2, -0.15) is 0 Å². The Balaban J connectivity index is -0.000000411. The first-order valence-electron chi connectivity index (χ1n) is 7.18. The summed E-state index contributed by atoms with van der Waals surface area (Å²) in [5.74, 6) is -4.07. The first-order chi connectivity index (χ1) is 11.8. The van der Waals surface area contributed by atoms with Crippen LogP contribution in [0.25, 0.3) is 0 Å². The SMILES string of the molecule is CC(=O)O[BH-](OC(C)=O)OC(C)=O.CC(=O)O[BH-](OC(C)=O)OC(C)=O.[Ba+2]. The molecule has 27 heavy (non-hydrogen) atoms. The number of carbonyl (C=O) groups excluding carboxylic acids is 6. The Hall–Kier alpha value is -1.48.